The van der Waals surface area contributed by atoms with Crippen molar-refractivity contribution < 1.29 is 14.3 Å². The van der Waals surface area contributed by atoms with Crippen LogP contribution in [-0.2, 0) is 16.0 Å². The summed E-state index contributed by atoms with van der Waals surface area (Å²) in [5.74, 6) is 0.296. The van der Waals surface area contributed by atoms with Crippen LogP contribution in [0.25, 0.3) is 0 Å². The number of nitrogens with one attached hydrogen (secondary N) is 2. The largest absolute Gasteiger partial charge is 0.496 e. The van der Waals surface area contributed by atoms with E-state index in [-0.39, 0.29) is 36.7 Å². The van der Waals surface area contributed by atoms with E-state index >= 15 is 0 Å². The van der Waals surface area contributed by atoms with Gasteiger partial charge in [-0.15, -0.1) is 12.4 Å². The summed E-state index contributed by atoms with van der Waals surface area (Å²) in [4.78, 5) is 23.4. The Labute approximate surface area is 149 Å². The topological polar surface area (TPSA) is 93.5 Å². The molecule has 1 rings (SSSR count). The van der Waals surface area contributed by atoms with Crippen LogP contribution in [0.2, 0.25) is 0 Å². The van der Waals surface area contributed by atoms with Crippen molar-refractivity contribution >= 4 is 24.2 Å². The van der Waals surface area contributed by atoms with E-state index in [0.717, 1.165) is 16.9 Å². The molecule has 136 valence electrons. The van der Waals surface area contributed by atoms with Gasteiger partial charge in [0.1, 0.15) is 5.75 Å². The van der Waals surface area contributed by atoms with E-state index in [1.165, 1.54) is 0 Å². The standard InChI is InChI=1S/C17H27N3O3.ClH/c1-11(2)16(18)17(22)20-10-15(21)19-8-7-13-9-12(3)5-6-14(13)23-4;/h5-6,9,11,16H,7-8,10,18H2,1-4H3,(H,19,21)(H,20,22);1H/t16-;/m0./s1. The third-order valence-electron chi connectivity index (χ3n) is 3.60. The summed E-state index contributed by atoms with van der Waals surface area (Å²) in [6, 6.07) is 5.34. The molecular weight excluding hydrogens is 330 g/mol. The molecule has 0 aromatic heterocycles. The molecule has 1 aromatic carbocycles. The molecule has 0 saturated heterocycles. The number of amides is 2. The van der Waals surface area contributed by atoms with E-state index in [0.29, 0.717) is 13.0 Å². The first-order chi connectivity index (χ1) is 10.8. The molecule has 0 heterocycles. The van der Waals surface area contributed by atoms with Gasteiger partial charge in [-0.2, -0.15) is 0 Å². The van der Waals surface area contributed by atoms with Gasteiger partial charge in [-0.25, -0.2) is 0 Å². The van der Waals surface area contributed by atoms with Crippen molar-refractivity contribution in [3.05, 3.63) is 29.3 Å². The quantitative estimate of drug-likeness (QED) is 0.651. The number of benzene rings is 1. The summed E-state index contributed by atoms with van der Waals surface area (Å²) >= 11 is 0. The van der Waals surface area contributed by atoms with E-state index in [1.54, 1.807) is 7.11 Å². The molecule has 0 fully saturated rings. The zero-order valence-electron chi connectivity index (χ0n) is 14.7. The fourth-order valence-electron chi connectivity index (χ4n) is 2.09. The SMILES string of the molecule is COc1ccc(C)cc1CCNC(=O)CNC(=O)[C@@H](N)C(C)C.Cl. The molecule has 0 aliphatic rings. The molecule has 0 spiro atoms. The van der Waals surface area contributed by atoms with Crippen LogP contribution >= 0.6 is 12.4 Å². The van der Waals surface area contributed by atoms with Crippen molar-refractivity contribution in [1.29, 1.82) is 0 Å². The van der Waals surface area contributed by atoms with E-state index < -0.39 is 6.04 Å². The number of ether oxygens (including phenoxy) is 1. The highest BCUT2D eigenvalue weighted by Gasteiger charge is 2.17. The van der Waals surface area contributed by atoms with Crippen LogP contribution in [-0.4, -0.2) is 38.1 Å². The Balaban J connectivity index is 0.00000529. The van der Waals surface area contributed by atoms with Crippen molar-refractivity contribution in [2.45, 2.75) is 33.2 Å². The lowest BCUT2D eigenvalue weighted by Gasteiger charge is -2.15. The van der Waals surface area contributed by atoms with Gasteiger partial charge in [0.15, 0.2) is 0 Å². The second-order valence-corrected chi connectivity index (χ2v) is 5.90. The average Bonchev–Trinajstić information content (AvgIpc) is 2.52. The Bertz CT molecular complexity index is 550. The number of hydrogen-bond donors (Lipinski definition) is 3. The summed E-state index contributed by atoms with van der Waals surface area (Å²) in [5, 5.41) is 5.32. The summed E-state index contributed by atoms with van der Waals surface area (Å²) < 4.78 is 5.30. The minimum Gasteiger partial charge on any atom is -0.496 e. The summed E-state index contributed by atoms with van der Waals surface area (Å²) in [5.41, 5.74) is 7.89. The number of nitrogens with two attached hydrogens (primary N) is 1. The van der Waals surface area contributed by atoms with Crippen LogP contribution in [0.4, 0.5) is 0 Å². The molecule has 1 aromatic rings. The zero-order chi connectivity index (χ0) is 17.4. The molecular formula is C17H28ClN3O3. The maximum Gasteiger partial charge on any atom is 0.239 e. The Hall–Kier alpha value is -1.79. The summed E-state index contributed by atoms with van der Waals surface area (Å²) in [6.07, 6.45) is 0.663. The molecule has 0 radical (unpaired) electrons. The second kappa shape index (κ2) is 10.9. The third-order valence-corrected chi connectivity index (χ3v) is 3.60. The smallest absolute Gasteiger partial charge is 0.239 e. The minimum atomic E-state index is -0.598. The van der Waals surface area contributed by atoms with Crippen molar-refractivity contribution in [3.63, 3.8) is 0 Å². The van der Waals surface area contributed by atoms with E-state index in [9.17, 15) is 9.59 Å². The van der Waals surface area contributed by atoms with Crippen molar-refractivity contribution in [2.75, 3.05) is 20.2 Å². The molecule has 7 heteroatoms. The van der Waals surface area contributed by atoms with Gasteiger partial charge in [0, 0.05) is 6.54 Å². The first-order valence-corrected chi connectivity index (χ1v) is 7.78. The molecule has 2 amide bonds. The molecule has 0 aliphatic carbocycles. The van der Waals surface area contributed by atoms with Crippen LogP contribution in [0.1, 0.15) is 25.0 Å². The van der Waals surface area contributed by atoms with Crippen LogP contribution in [0.15, 0.2) is 18.2 Å². The lowest BCUT2D eigenvalue weighted by Crippen LogP contribution is -2.47. The Morgan fingerprint density at radius 2 is 1.92 bits per heavy atom. The predicted molar refractivity (Wildman–Crippen MR) is 97.5 cm³/mol. The van der Waals surface area contributed by atoms with Crippen molar-refractivity contribution in [2.24, 2.45) is 11.7 Å². The van der Waals surface area contributed by atoms with Crippen LogP contribution in [0, 0.1) is 12.8 Å². The van der Waals surface area contributed by atoms with Gasteiger partial charge >= 0.3 is 0 Å². The number of aryl methyl sites for hydroxylation is 1. The zero-order valence-corrected chi connectivity index (χ0v) is 15.5. The molecule has 0 aliphatic heterocycles. The first-order valence-electron chi connectivity index (χ1n) is 7.78. The second-order valence-electron chi connectivity index (χ2n) is 5.90. The minimum absolute atomic E-state index is 0. The van der Waals surface area contributed by atoms with Gasteiger partial charge in [-0.05, 0) is 30.9 Å². The number of carbonyl (C=O) groups excluding carboxylic acids is 2. The van der Waals surface area contributed by atoms with Gasteiger partial charge in [0.25, 0.3) is 0 Å². The number of rotatable bonds is 8. The maximum absolute atomic E-state index is 11.8. The van der Waals surface area contributed by atoms with Crippen LogP contribution in [0.3, 0.4) is 0 Å². The fourth-order valence-corrected chi connectivity index (χ4v) is 2.09. The van der Waals surface area contributed by atoms with Gasteiger partial charge in [-0.3, -0.25) is 9.59 Å². The van der Waals surface area contributed by atoms with Gasteiger partial charge in [0.05, 0.1) is 19.7 Å². The molecule has 0 bridgehead atoms. The fraction of sp³-hybridized carbons (Fsp3) is 0.529. The Morgan fingerprint density at radius 3 is 2.50 bits per heavy atom. The van der Waals surface area contributed by atoms with Crippen molar-refractivity contribution in [1.82, 2.24) is 10.6 Å². The monoisotopic (exact) mass is 357 g/mol. The predicted octanol–water partition coefficient (Wildman–Crippen LogP) is 1.18. The number of methoxy groups -OCH3 is 1. The third kappa shape index (κ3) is 7.19. The van der Waals surface area contributed by atoms with Crippen molar-refractivity contribution in [3.8, 4) is 5.75 Å². The van der Waals surface area contributed by atoms with E-state index in [2.05, 4.69) is 10.6 Å². The molecule has 24 heavy (non-hydrogen) atoms. The summed E-state index contributed by atoms with van der Waals surface area (Å²) in [7, 11) is 1.63. The molecule has 4 N–H and O–H groups in total. The number of halogens is 1. The lowest BCUT2D eigenvalue weighted by atomic mass is 10.1. The highest BCUT2D eigenvalue weighted by Crippen LogP contribution is 2.19. The Kier molecular flexibility index (Phi) is 10.1. The molecule has 1 atom stereocenters. The normalized spacial score (nSPS) is 11.4. The van der Waals surface area contributed by atoms with Gasteiger partial charge in [-0.1, -0.05) is 31.5 Å². The van der Waals surface area contributed by atoms with Crippen LogP contribution < -0.4 is 21.1 Å². The highest BCUT2D eigenvalue weighted by molar-refractivity contribution is 5.87. The van der Waals surface area contributed by atoms with Gasteiger partial charge < -0.3 is 21.1 Å². The highest BCUT2D eigenvalue weighted by atomic mass is 35.5. The lowest BCUT2D eigenvalue weighted by molar-refractivity contribution is -0.127. The van der Waals surface area contributed by atoms with E-state index in [4.69, 9.17) is 10.5 Å². The maximum atomic E-state index is 11.8. The number of hydrogen-bond acceptors (Lipinski definition) is 4. The van der Waals surface area contributed by atoms with Gasteiger partial charge in [0.2, 0.25) is 11.8 Å². The average molecular weight is 358 g/mol. The molecule has 0 unspecified atom stereocenters. The molecule has 6 nitrogen and oxygen atoms in total. The number of carbonyl (C=O) groups is 2. The first kappa shape index (κ1) is 22.2. The summed E-state index contributed by atoms with van der Waals surface area (Å²) in [6.45, 7) is 6.14. The Morgan fingerprint density at radius 1 is 1.25 bits per heavy atom. The van der Waals surface area contributed by atoms with E-state index in [1.807, 2.05) is 39.0 Å². The van der Waals surface area contributed by atoms with Crippen LogP contribution in [0.5, 0.6) is 5.75 Å². The molecule has 0 saturated carbocycles.